The summed E-state index contributed by atoms with van der Waals surface area (Å²) in [7, 11) is 0. The van der Waals surface area contributed by atoms with Gasteiger partial charge in [0.05, 0.1) is 6.54 Å². The van der Waals surface area contributed by atoms with E-state index < -0.39 is 12.1 Å². The largest absolute Gasteiger partial charge is 0.353 e. The van der Waals surface area contributed by atoms with Crippen LogP contribution in [0.5, 0.6) is 0 Å². The van der Waals surface area contributed by atoms with Crippen LogP contribution in [0.4, 0.5) is 0 Å². The molecule has 2 aliphatic heterocycles. The SMILES string of the molecule is CC1C(=O)NCCN1C(=O)C1CNC(=O)CN1. The highest BCUT2D eigenvalue weighted by Crippen LogP contribution is 2.07. The van der Waals surface area contributed by atoms with E-state index in [2.05, 4.69) is 16.0 Å². The minimum atomic E-state index is -0.448. The molecule has 7 heteroatoms. The number of carbonyl (C=O) groups excluding carboxylic acids is 3. The third-order valence-corrected chi connectivity index (χ3v) is 3.09. The lowest BCUT2D eigenvalue weighted by atomic mass is 10.1. The van der Waals surface area contributed by atoms with Crippen LogP contribution in [0.1, 0.15) is 6.92 Å². The number of rotatable bonds is 1. The molecular formula is C10H16N4O3. The molecule has 2 heterocycles. The van der Waals surface area contributed by atoms with E-state index in [1.165, 1.54) is 0 Å². The molecule has 2 unspecified atom stereocenters. The van der Waals surface area contributed by atoms with E-state index >= 15 is 0 Å². The first-order valence-electron chi connectivity index (χ1n) is 5.68. The highest BCUT2D eigenvalue weighted by Gasteiger charge is 2.34. The van der Waals surface area contributed by atoms with Crippen LogP contribution >= 0.6 is 0 Å². The quantitative estimate of drug-likeness (QED) is 0.469. The van der Waals surface area contributed by atoms with Crippen molar-refractivity contribution in [3.8, 4) is 0 Å². The van der Waals surface area contributed by atoms with Gasteiger partial charge in [-0.2, -0.15) is 0 Å². The van der Waals surface area contributed by atoms with Gasteiger partial charge in [0.25, 0.3) is 0 Å². The van der Waals surface area contributed by atoms with E-state index in [0.717, 1.165) is 0 Å². The van der Waals surface area contributed by atoms with E-state index in [-0.39, 0.29) is 30.8 Å². The Balaban J connectivity index is 1.99. The zero-order valence-corrected chi connectivity index (χ0v) is 9.66. The highest BCUT2D eigenvalue weighted by molar-refractivity contribution is 5.92. The summed E-state index contributed by atoms with van der Waals surface area (Å²) in [6, 6.07) is -0.878. The van der Waals surface area contributed by atoms with Gasteiger partial charge in [0.15, 0.2) is 0 Å². The predicted molar refractivity (Wildman–Crippen MR) is 59.0 cm³/mol. The second-order valence-electron chi connectivity index (χ2n) is 4.24. The summed E-state index contributed by atoms with van der Waals surface area (Å²) in [5, 5.41) is 8.20. The molecule has 0 spiro atoms. The summed E-state index contributed by atoms with van der Waals surface area (Å²) >= 11 is 0. The summed E-state index contributed by atoms with van der Waals surface area (Å²) in [4.78, 5) is 36.1. The molecule has 2 atom stereocenters. The van der Waals surface area contributed by atoms with E-state index in [0.29, 0.717) is 13.1 Å². The van der Waals surface area contributed by atoms with Crippen LogP contribution in [0, 0.1) is 0 Å². The molecule has 0 bridgehead atoms. The lowest BCUT2D eigenvalue weighted by Gasteiger charge is -2.36. The molecule has 0 aromatic rings. The van der Waals surface area contributed by atoms with Gasteiger partial charge in [-0.15, -0.1) is 0 Å². The Kier molecular flexibility index (Phi) is 3.28. The van der Waals surface area contributed by atoms with Gasteiger partial charge >= 0.3 is 0 Å². The lowest BCUT2D eigenvalue weighted by Crippen LogP contribution is -2.63. The van der Waals surface area contributed by atoms with Gasteiger partial charge in [-0.25, -0.2) is 0 Å². The van der Waals surface area contributed by atoms with Crippen molar-refractivity contribution in [1.82, 2.24) is 20.9 Å². The van der Waals surface area contributed by atoms with Gasteiger partial charge in [0, 0.05) is 19.6 Å². The first-order chi connectivity index (χ1) is 8.09. The molecule has 2 rings (SSSR count). The Morgan fingerprint density at radius 2 is 2.12 bits per heavy atom. The predicted octanol–water partition coefficient (Wildman–Crippen LogP) is -2.58. The van der Waals surface area contributed by atoms with Gasteiger partial charge in [-0.3, -0.25) is 19.7 Å². The van der Waals surface area contributed by atoms with Crippen LogP contribution in [0.3, 0.4) is 0 Å². The third-order valence-electron chi connectivity index (χ3n) is 3.09. The van der Waals surface area contributed by atoms with Crippen LogP contribution < -0.4 is 16.0 Å². The zero-order chi connectivity index (χ0) is 12.4. The third kappa shape index (κ3) is 2.38. The molecular weight excluding hydrogens is 224 g/mol. The van der Waals surface area contributed by atoms with Crippen molar-refractivity contribution in [3.63, 3.8) is 0 Å². The molecule has 7 nitrogen and oxygen atoms in total. The van der Waals surface area contributed by atoms with Gasteiger partial charge in [0.1, 0.15) is 12.1 Å². The van der Waals surface area contributed by atoms with Crippen molar-refractivity contribution in [3.05, 3.63) is 0 Å². The Morgan fingerprint density at radius 3 is 2.76 bits per heavy atom. The van der Waals surface area contributed by atoms with Crippen molar-refractivity contribution < 1.29 is 14.4 Å². The number of nitrogens with zero attached hydrogens (tertiary/aromatic N) is 1. The molecule has 0 aromatic heterocycles. The smallest absolute Gasteiger partial charge is 0.242 e. The maximum Gasteiger partial charge on any atom is 0.242 e. The van der Waals surface area contributed by atoms with Crippen molar-refractivity contribution in [2.45, 2.75) is 19.0 Å². The molecule has 94 valence electrons. The van der Waals surface area contributed by atoms with Crippen molar-refractivity contribution in [1.29, 1.82) is 0 Å². The van der Waals surface area contributed by atoms with Gasteiger partial charge in [0.2, 0.25) is 17.7 Å². The fraction of sp³-hybridized carbons (Fsp3) is 0.700. The van der Waals surface area contributed by atoms with Crippen molar-refractivity contribution >= 4 is 17.7 Å². The molecule has 0 aromatic carbocycles. The zero-order valence-electron chi connectivity index (χ0n) is 9.66. The maximum absolute atomic E-state index is 12.1. The maximum atomic E-state index is 12.1. The molecule has 3 N–H and O–H groups in total. The summed E-state index contributed by atoms with van der Waals surface area (Å²) in [5.41, 5.74) is 0. The molecule has 2 aliphatic rings. The average molecular weight is 240 g/mol. The fourth-order valence-corrected chi connectivity index (χ4v) is 2.02. The number of carbonyl (C=O) groups is 3. The Bertz CT molecular complexity index is 347. The minimum Gasteiger partial charge on any atom is -0.353 e. The molecule has 0 radical (unpaired) electrons. The van der Waals surface area contributed by atoms with Crippen molar-refractivity contribution in [2.24, 2.45) is 0 Å². The summed E-state index contributed by atoms with van der Waals surface area (Å²) in [6.07, 6.45) is 0. The standard InChI is InChI=1S/C10H16N4O3/c1-6-9(16)11-2-3-14(6)10(17)7-4-13-8(15)5-12-7/h6-7,12H,2-5H2,1H3,(H,11,16)(H,13,15). The van der Waals surface area contributed by atoms with Crippen LogP contribution in [-0.4, -0.2) is 60.9 Å². The first-order valence-corrected chi connectivity index (χ1v) is 5.68. The van der Waals surface area contributed by atoms with Crippen LogP contribution in [0.25, 0.3) is 0 Å². The van der Waals surface area contributed by atoms with Crippen LogP contribution in [-0.2, 0) is 14.4 Å². The normalized spacial score (nSPS) is 29.6. The minimum absolute atomic E-state index is 0.113. The number of hydrogen-bond donors (Lipinski definition) is 3. The number of hydrogen-bond acceptors (Lipinski definition) is 4. The van der Waals surface area contributed by atoms with Gasteiger partial charge < -0.3 is 15.5 Å². The molecule has 2 saturated heterocycles. The molecule has 17 heavy (non-hydrogen) atoms. The second-order valence-corrected chi connectivity index (χ2v) is 4.24. The first kappa shape index (κ1) is 11.8. The number of nitrogens with one attached hydrogen (secondary N) is 3. The summed E-state index contributed by atoms with van der Waals surface area (Å²) in [6.45, 7) is 3.12. The molecule has 0 saturated carbocycles. The van der Waals surface area contributed by atoms with Gasteiger partial charge in [-0.1, -0.05) is 0 Å². The van der Waals surface area contributed by atoms with E-state index in [1.807, 2.05) is 0 Å². The monoisotopic (exact) mass is 240 g/mol. The Morgan fingerprint density at radius 1 is 1.35 bits per heavy atom. The molecule has 2 fully saturated rings. The summed E-state index contributed by atoms with van der Waals surface area (Å²) < 4.78 is 0. The van der Waals surface area contributed by atoms with E-state index in [9.17, 15) is 14.4 Å². The topological polar surface area (TPSA) is 90.5 Å². The van der Waals surface area contributed by atoms with Crippen LogP contribution in [0.15, 0.2) is 0 Å². The Hall–Kier alpha value is -1.63. The molecule has 0 aliphatic carbocycles. The second kappa shape index (κ2) is 4.70. The fourth-order valence-electron chi connectivity index (χ4n) is 2.02. The lowest BCUT2D eigenvalue weighted by molar-refractivity contribution is -0.144. The van der Waals surface area contributed by atoms with Gasteiger partial charge in [-0.05, 0) is 6.92 Å². The van der Waals surface area contributed by atoms with Crippen LogP contribution in [0.2, 0.25) is 0 Å². The van der Waals surface area contributed by atoms with Crippen molar-refractivity contribution in [2.75, 3.05) is 26.2 Å². The number of piperazine rings is 2. The van der Waals surface area contributed by atoms with E-state index in [4.69, 9.17) is 0 Å². The average Bonchev–Trinajstić information content (AvgIpc) is 2.33. The summed E-state index contributed by atoms with van der Waals surface area (Å²) in [5.74, 6) is -0.379. The van der Waals surface area contributed by atoms with E-state index in [1.54, 1.807) is 11.8 Å². The number of amides is 3. The molecule has 3 amide bonds. The Labute approximate surface area is 98.9 Å². The highest BCUT2D eigenvalue weighted by atomic mass is 16.2.